The molecule has 0 unspecified atom stereocenters. The summed E-state index contributed by atoms with van der Waals surface area (Å²) in [4.78, 5) is 12.1. The quantitative estimate of drug-likeness (QED) is 0.906. The number of benzene rings is 1. The molecule has 1 heterocycles. The Hall–Kier alpha value is -2.30. The number of aryl methyl sites for hydroxylation is 3. The fraction of sp³-hybridized carbons (Fsp3) is 0.375. The van der Waals surface area contributed by atoms with Crippen LogP contribution in [-0.4, -0.2) is 17.1 Å². The van der Waals surface area contributed by atoms with Crippen molar-refractivity contribution in [2.45, 2.75) is 39.2 Å². The molecule has 5 heteroatoms. The van der Waals surface area contributed by atoms with E-state index in [1.165, 1.54) is 17.5 Å². The Bertz CT molecular complexity index is 663. The molecule has 1 atom stereocenters. The van der Waals surface area contributed by atoms with Crippen LogP contribution >= 0.6 is 0 Å². The maximum Gasteiger partial charge on any atom is 0.248 e. The second kappa shape index (κ2) is 5.60. The SMILES string of the molecule is Cc1cc(NC(=O)[C@@H](C)Nc2ccc3c(c2)CCC3)on1. The Kier molecular flexibility index (Phi) is 3.64. The topological polar surface area (TPSA) is 67.2 Å². The Morgan fingerprint density at radius 1 is 1.29 bits per heavy atom. The first-order valence-electron chi connectivity index (χ1n) is 7.24. The Morgan fingerprint density at radius 3 is 2.86 bits per heavy atom. The molecular weight excluding hydrogens is 266 g/mol. The summed E-state index contributed by atoms with van der Waals surface area (Å²) in [6.45, 7) is 3.64. The van der Waals surface area contributed by atoms with Crippen molar-refractivity contribution in [3.8, 4) is 0 Å². The van der Waals surface area contributed by atoms with Gasteiger partial charge >= 0.3 is 0 Å². The third kappa shape index (κ3) is 3.07. The number of amides is 1. The minimum absolute atomic E-state index is 0.147. The fourth-order valence-corrected chi connectivity index (χ4v) is 2.63. The second-order valence-corrected chi connectivity index (χ2v) is 5.52. The second-order valence-electron chi connectivity index (χ2n) is 5.52. The maximum atomic E-state index is 12.1. The lowest BCUT2D eigenvalue weighted by Gasteiger charge is -2.15. The molecular formula is C16H19N3O2. The first-order valence-corrected chi connectivity index (χ1v) is 7.24. The highest BCUT2D eigenvalue weighted by molar-refractivity contribution is 5.95. The first-order chi connectivity index (χ1) is 10.1. The largest absolute Gasteiger partial charge is 0.374 e. The van der Waals surface area contributed by atoms with E-state index in [-0.39, 0.29) is 11.9 Å². The number of nitrogens with zero attached hydrogens (tertiary/aromatic N) is 1. The van der Waals surface area contributed by atoms with E-state index >= 15 is 0 Å². The van der Waals surface area contributed by atoms with Crippen LogP contribution in [0.2, 0.25) is 0 Å². The number of hydrogen-bond donors (Lipinski definition) is 2. The van der Waals surface area contributed by atoms with Gasteiger partial charge in [-0.3, -0.25) is 10.1 Å². The summed E-state index contributed by atoms with van der Waals surface area (Å²) in [7, 11) is 0. The van der Waals surface area contributed by atoms with Gasteiger partial charge in [-0.15, -0.1) is 0 Å². The zero-order chi connectivity index (χ0) is 14.8. The molecule has 0 aliphatic heterocycles. The summed E-state index contributed by atoms with van der Waals surface area (Å²) in [5, 5.41) is 9.67. The normalized spacial score (nSPS) is 14.6. The minimum atomic E-state index is -0.352. The summed E-state index contributed by atoms with van der Waals surface area (Å²) >= 11 is 0. The van der Waals surface area contributed by atoms with Crippen LogP contribution in [0, 0.1) is 6.92 Å². The van der Waals surface area contributed by atoms with E-state index in [2.05, 4.69) is 27.9 Å². The average molecular weight is 285 g/mol. The molecule has 0 spiro atoms. The van der Waals surface area contributed by atoms with E-state index in [4.69, 9.17) is 4.52 Å². The molecule has 3 rings (SSSR count). The predicted molar refractivity (Wildman–Crippen MR) is 81.4 cm³/mol. The lowest BCUT2D eigenvalue weighted by molar-refractivity contribution is -0.116. The van der Waals surface area contributed by atoms with E-state index in [0.29, 0.717) is 5.88 Å². The standard InChI is InChI=1S/C16H19N3O2/c1-10-8-15(21-19-10)18-16(20)11(2)17-14-7-6-12-4-3-5-13(12)9-14/h6-9,11,17H,3-5H2,1-2H3,(H,18,20)/t11-/m1/s1. The molecule has 1 aromatic carbocycles. The van der Waals surface area contributed by atoms with Crippen molar-refractivity contribution < 1.29 is 9.32 Å². The van der Waals surface area contributed by atoms with Gasteiger partial charge in [0.05, 0.1) is 5.69 Å². The zero-order valence-corrected chi connectivity index (χ0v) is 12.3. The number of fused-ring (bicyclic) bond motifs is 1. The van der Waals surface area contributed by atoms with Gasteiger partial charge in [-0.05, 0) is 56.4 Å². The number of hydrogen-bond acceptors (Lipinski definition) is 4. The average Bonchev–Trinajstić information content (AvgIpc) is 3.07. The zero-order valence-electron chi connectivity index (χ0n) is 12.3. The van der Waals surface area contributed by atoms with E-state index in [9.17, 15) is 4.79 Å². The van der Waals surface area contributed by atoms with E-state index in [1.807, 2.05) is 19.9 Å². The molecule has 1 aliphatic rings. The molecule has 21 heavy (non-hydrogen) atoms. The van der Waals surface area contributed by atoms with Gasteiger partial charge in [-0.25, -0.2) is 0 Å². The van der Waals surface area contributed by atoms with Gasteiger partial charge in [0, 0.05) is 11.8 Å². The van der Waals surface area contributed by atoms with Gasteiger partial charge < -0.3 is 9.84 Å². The smallest absolute Gasteiger partial charge is 0.248 e. The number of rotatable bonds is 4. The predicted octanol–water partition coefficient (Wildman–Crippen LogP) is 2.91. The van der Waals surface area contributed by atoms with Crippen molar-refractivity contribution in [2.75, 3.05) is 10.6 Å². The number of carbonyl (C=O) groups excluding carboxylic acids is 1. The van der Waals surface area contributed by atoms with Gasteiger partial charge in [-0.1, -0.05) is 11.2 Å². The first kappa shape index (κ1) is 13.7. The Balaban J connectivity index is 1.62. The van der Waals surface area contributed by atoms with Crippen molar-refractivity contribution in [1.29, 1.82) is 0 Å². The third-order valence-electron chi connectivity index (χ3n) is 3.75. The lowest BCUT2D eigenvalue weighted by Crippen LogP contribution is -2.31. The van der Waals surface area contributed by atoms with Crippen molar-refractivity contribution in [1.82, 2.24) is 5.16 Å². The Labute approximate surface area is 123 Å². The number of anilines is 2. The molecule has 2 aromatic rings. The summed E-state index contributed by atoms with van der Waals surface area (Å²) in [6.07, 6.45) is 3.51. The molecule has 0 saturated carbocycles. The number of nitrogens with one attached hydrogen (secondary N) is 2. The summed E-state index contributed by atoms with van der Waals surface area (Å²) in [6, 6.07) is 7.67. The molecule has 1 aromatic heterocycles. The summed E-state index contributed by atoms with van der Waals surface area (Å²) < 4.78 is 4.99. The van der Waals surface area contributed by atoms with Gasteiger partial charge in [0.15, 0.2) is 0 Å². The van der Waals surface area contributed by atoms with Crippen molar-refractivity contribution >= 4 is 17.5 Å². The van der Waals surface area contributed by atoms with Crippen LogP contribution in [0.1, 0.15) is 30.2 Å². The van der Waals surface area contributed by atoms with Crippen LogP contribution in [0.15, 0.2) is 28.8 Å². The maximum absolute atomic E-state index is 12.1. The van der Waals surface area contributed by atoms with Crippen LogP contribution in [0.25, 0.3) is 0 Å². The summed E-state index contributed by atoms with van der Waals surface area (Å²) in [5.74, 6) is 0.228. The minimum Gasteiger partial charge on any atom is -0.374 e. The summed E-state index contributed by atoms with van der Waals surface area (Å²) in [5.41, 5.74) is 4.53. The molecule has 5 nitrogen and oxygen atoms in total. The van der Waals surface area contributed by atoms with E-state index in [0.717, 1.165) is 24.2 Å². The van der Waals surface area contributed by atoms with Crippen molar-refractivity contribution in [2.24, 2.45) is 0 Å². The van der Waals surface area contributed by atoms with Crippen molar-refractivity contribution in [3.05, 3.63) is 41.1 Å². The Morgan fingerprint density at radius 2 is 2.10 bits per heavy atom. The highest BCUT2D eigenvalue weighted by Crippen LogP contribution is 2.25. The van der Waals surface area contributed by atoms with Crippen LogP contribution in [0.5, 0.6) is 0 Å². The molecule has 1 amide bonds. The van der Waals surface area contributed by atoms with Crippen LogP contribution < -0.4 is 10.6 Å². The molecule has 1 aliphatic carbocycles. The molecule has 0 fully saturated rings. The molecule has 0 bridgehead atoms. The van der Waals surface area contributed by atoms with Gasteiger partial charge in [-0.2, -0.15) is 0 Å². The molecule has 0 radical (unpaired) electrons. The lowest BCUT2D eigenvalue weighted by atomic mass is 10.1. The number of carbonyl (C=O) groups is 1. The fourth-order valence-electron chi connectivity index (χ4n) is 2.63. The van der Waals surface area contributed by atoms with Gasteiger partial charge in [0.2, 0.25) is 11.8 Å². The highest BCUT2D eigenvalue weighted by Gasteiger charge is 2.16. The van der Waals surface area contributed by atoms with Crippen molar-refractivity contribution in [3.63, 3.8) is 0 Å². The van der Waals surface area contributed by atoms with Crippen LogP contribution in [0.3, 0.4) is 0 Å². The number of aromatic nitrogens is 1. The monoisotopic (exact) mass is 285 g/mol. The third-order valence-corrected chi connectivity index (χ3v) is 3.75. The van der Waals surface area contributed by atoms with Gasteiger partial charge in [0.25, 0.3) is 0 Å². The van der Waals surface area contributed by atoms with Gasteiger partial charge in [0.1, 0.15) is 6.04 Å². The molecule has 110 valence electrons. The van der Waals surface area contributed by atoms with Crippen LogP contribution in [-0.2, 0) is 17.6 Å². The molecule has 0 saturated heterocycles. The highest BCUT2D eigenvalue weighted by atomic mass is 16.5. The van der Waals surface area contributed by atoms with E-state index < -0.39 is 0 Å². The van der Waals surface area contributed by atoms with E-state index in [1.54, 1.807) is 6.07 Å². The van der Waals surface area contributed by atoms with Crippen LogP contribution in [0.4, 0.5) is 11.6 Å². The molecule has 2 N–H and O–H groups in total.